The summed E-state index contributed by atoms with van der Waals surface area (Å²) in [6.07, 6.45) is 2.66. The fourth-order valence-electron chi connectivity index (χ4n) is 4.29. The third kappa shape index (κ3) is 10.2. The summed E-state index contributed by atoms with van der Waals surface area (Å²) < 4.78 is 42.6. The van der Waals surface area contributed by atoms with Gasteiger partial charge in [0.25, 0.3) is 10.0 Å². The van der Waals surface area contributed by atoms with Gasteiger partial charge in [0.15, 0.2) is 0 Å². The van der Waals surface area contributed by atoms with E-state index in [1.165, 1.54) is 35.2 Å². The van der Waals surface area contributed by atoms with Crippen LogP contribution in [-0.4, -0.2) is 49.4 Å². The second-order valence-corrected chi connectivity index (χ2v) is 12.2. The van der Waals surface area contributed by atoms with Crippen LogP contribution in [0, 0.1) is 11.7 Å². The summed E-state index contributed by atoms with van der Waals surface area (Å²) in [6, 6.07) is 10.2. The van der Waals surface area contributed by atoms with Crippen molar-refractivity contribution in [1.82, 2.24) is 14.9 Å². The number of halogens is 1. The van der Waals surface area contributed by atoms with E-state index in [9.17, 15) is 22.8 Å². The van der Waals surface area contributed by atoms with E-state index in [4.69, 9.17) is 0 Å². The van der Waals surface area contributed by atoms with Crippen LogP contribution >= 0.6 is 12.6 Å². The number of carbonyl (C=O) groups is 3. The smallest absolute Gasteiger partial charge is 0.264 e. The van der Waals surface area contributed by atoms with Crippen molar-refractivity contribution >= 4 is 40.4 Å². The van der Waals surface area contributed by atoms with E-state index < -0.39 is 21.7 Å². The topological polar surface area (TPSA) is 113 Å². The number of hydrogen-bond acceptors (Lipinski definition) is 6. The maximum Gasteiger partial charge on any atom is 0.264 e. The molecule has 0 aliphatic heterocycles. The number of hydrogen-bond donors (Lipinski definition) is 3. The van der Waals surface area contributed by atoms with Crippen LogP contribution in [0.25, 0.3) is 11.1 Å². The van der Waals surface area contributed by atoms with E-state index >= 15 is 4.39 Å². The molecule has 2 rings (SSSR count). The number of sulfonamides is 1. The van der Waals surface area contributed by atoms with E-state index in [-0.39, 0.29) is 53.4 Å². The normalized spacial score (nSPS) is 12.2. The highest BCUT2D eigenvalue weighted by Crippen LogP contribution is 2.29. The van der Waals surface area contributed by atoms with Gasteiger partial charge in [0.2, 0.25) is 17.7 Å². The van der Waals surface area contributed by atoms with E-state index in [0.717, 1.165) is 19.8 Å². The molecule has 0 saturated heterocycles. The number of thiol groups is 1. The van der Waals surface area contributed by atoms with E-state index in [1.807, 2.05) is 11.6 Å². The molecule has 2 aromatic rings. The molecular weight excluding hydrogens is 553 g/mol. The Kier molecular flexibility index (Phi) is 13.1. The van der Waals surface area contributed by atoms with Crippen LogP contribution in [0.3, 0.4) is 0 Å². The standard InChI is InChI=1S/C29H40FN3O5S2/c1-5-6-11-29(36)33(15-14-28(35)31-24(19-39)16-20(2)3)18-23-13-12-22(17-26(23)30)25-9-7-8-10-27(25)40(37,38)32-21(4)34/h7-10,12-13,17,20,24,39H,5-6,11,14-16,18-19H2,1-4H3,(H,31,35)(H,32,34)/t24-/m1/s1. The van der Waals surface area contributed by atoms with Crippen molar-refractivity contribution in [2.45, 2.75) is 77.3 Å². The van der Waals surface area contributed by atoms with Crippen LogP contribution < -0.4 is 10.0 Å². The Hall–Kier alpha value is -2.92. The highest BCUT2D eigenvalue weighted by atomic mass is 32.2. The average molecular weight is 594 g/mol. The van der Waals surface area contributed by atoms with Gasteiger partial charge in [-0.2, -0.15) is 12.6 Å². The van der Waals surface area contributed by atoms with Crippen LogP contribution in [0.15, 0.2) is 47.4 Å². The largest absolute Gasteiger partial charge is 0.352 e. The zero-order valence-corrected chi connectivity index (χ0v) is 25.3. The van der Waals surface area contributed by atoms with Gasteiger partial charge in [-0.15, -0.1) is 0 Å². The highest BCUT2D eigenvalue weighted by molar-refractivity contribution is 7.90. The molecule has 3 amide bonds. The van der Waals surface area contributed by atoms with Crippen molar-refractivity contribution in [2.24, 2.45) is 5.92 Å². The van der Waals surface area contributed by atoms with E-state index in [0.29, 0.717) is 30.1 Å². The second kappa shape index (κ2) is 15.8. The summed E-state index contributed by atoms with van der Waals surface area (Å²) in [5.41, 5.74) is 0.774. The fraction of sp³-hybridized carbons (Fsp3) is 0.483. The Labute approximate surface area is 242 Å². The van der Waals surface area contributed by atoms with Gasteiger partial charge in [0.1, 0.15) is 5.82 Å². The van der Waals surface area contributed by atoms with Gasteiger partial charge >= 0.3 is 0 Å². The molecule has 0 spiro atoms. The number of nitrogens with one attached hydrogen (secondary N) is 2. The van der Waals surface area contributed by atoms with Gasteiger partial charge in [-0.1, -0.05) is 57.5 Å². The number of amides is 3. The number of rotatable bonds is 15. The van der Waals surface area contributed by atoms with Crippen LogP contribution in [0.4, 0.5) is 4.39 Å². The second-order valence-electron chi connectivity index (χ2n) is 10.2. The molecular formula is C29H40FN3O5S2. The molecule has 0 saturated carbocycles. The molecule has 0 bridgehead atoms. The first-order valence-corrected chi connectivity index (χ1v) is 15.6. The van der Waals surface area contributed by atoms with Crippen molar-refractivity contribution in [3.8, 4) is 11.1 Å². The molecule has 0 aliphatic carbocycles. The predicted molar refractivity (Wildman–Crippen MR) is 158 cm³/mol. The molecule has 0 fully saturated rings. The maximum absolute atomic E-state index is 15.3. The maximum atomic E-state index is 15.3. The summed E-state index contributed by atoms with van der Waals surface area (Å²) >= 11 is 4.32. The molecule has 11 heteroatoms. The van der Waals surface area contributed by atoms with Crippen molar-refractivity contribution < 1.29 is 27.2 Å². The fourth-order valence-corrected chi connectivity index (χ4v) is 5.76. The molecule has 2 aromatic carbocycles. The third-order valence-corrected chi connectivity index (χ3v) is 8.16. The van der Waals surface area contributed by atoms with Crippen LogP contribution in [0.2, 0.25) is 0 Å². The Morgan fingerprint density at radius 1 is 1.07 bits per heavy atom. The minimum Gasteiger partial charge on any atom is -0.352 e. The first kappa shape index (κ1) is 33.3. The van der Waals surface area contributed by atoms with Gasteiger partial charge in [-0.25, -0.2) is 17.5 Å². The quantitative estimate of drug-likeness (QED) is 0.260. The van der Waals surface area contributed by atoms with Crippen molar-refractivity contribution in [3.63, 3.8) is 0 Å². The number of nitrogens with zero attached hydrogens (tertiary/aromatic N) is 1. The van der Waals surface area contributed by atoms with Crippen molar-refractivity contribution in [2.75, 3.05) is 12.3 Å². The Morgan fingerprint density at radius 2 is 1.77 bits per heavy atom. The molecule has 1 atom stereocenters. The van der Waals surface area contributed by atoms with E-state index in [1.54, 1.807) is 12.1 Å². The lowest BCUT2D eigenvalue weighted by atomic mass is 10.0. The summed E-state index contributed by atoms with van der Waals surface area (Å²) in [4.78, 5) is 38.3. The summed E-state index contributed by atoms with van der Waals surface area (Å²) in [5, 5.41) is 2.96. The first-order valence-electron chi connectivity index (χ1n) is 13.5. The monoisotopic (exact) mass is 593 g/mol. The first-order chi connectivity index (χ1) is 18.9. The minimum absolute atomic E-state index is 0.0320. The average Bonchev–Trinajstić information content (AvgIpc) is 2.89. The lowest BCUT2D eigenvalue weighted by molar-refractivity contribution is -0.132. The Bertz CT molecular complexity index is 1280. The molecule has 220 valence electrons. The van der Waals surface area contributed by atoms with Gasteiger partial charge in [0, 0.05) is 55.8 Å². The third-order valence-electron chi connectivity index (χ3n) is 6.23. The van der Waals surface area contributed by atoms with E-state index in [2.05, 4.69) is 31.8 Å². The molecule has 0 aromatic heterocycles. The zero-order chi connectivity index (χ0) is 29.9. The Morgan fingerprint density at radius 3 is 2.38 bits per heavy atom. The SMILES string of the molecule is CCCCC(=O)N(CCC(=O)N[C@@H](CS)CC(C)C)Cc1ccc(-c2ccccc2S(=O)(=O)NC(C)=O)cc1F. The summed E-state index contributed by atoms with van der Waals surface area (Å²) in [6.45, 7) is 7.30. The predicted octanol–water partition coefficient (Wildman–Crippen LogP) is 4.69. The van der Waals surface area contributed by atoms with Crippen molar-refractivity contribution in [3.05, 3.63) is 53.8 Å². The number of benzene rings is 2. The number of unbranched alkanes of at least 4 members (excludes halogenated alkanes) is 1. The molecule has 8 nitrogen and oxygen atoms in total. The van der Waals surface area contributed by atoms with Crippen molar-refractivity contribution in [1.29, 1.82) is 0 Å². The molecule has 0 radical (unpaired) electrons. The van der Waals surface area contributed by atoms with Gasteiger partial charge < -0.3 is 10.2 Å². The Balaban J connectivity index is 2.26. The van der Waals surface area contributed by atoms with Crippen LogP contribution in [0.5, 0.6) is 0 Å². The van der Waals surface area contributed by atoms with Gasteiger partial charge in [0.05, 0.1) is 4.90 Å². The summed E-state index contributed by atoms with van der Waals surface area (Å²) in [5.74, 6) is -0.810. The molecule has 0 unspecified atom stereocenters. The zero-order valence-electron chi connectivity index (χ0n) is 23.6. The van der Waals surface area contributed by atoms with Crippen LogP contribution in [0.1, 0.15) is 65.4 Å². The minimum atomic E-state index is -4.15. The summed E-state index contributed by atoms with van der Waals surface area (Å²) in [7, 11) is -4.15. The molecule has 0 aliphatic rings. The van der Waals surface area contributed by atoms with Gasteiger partial charge in [-0.3, -0.25) is 14.4 Å². The lowest BCUT2D eigenvalue weighted by Crippen LogP contribution is -2.40. The lowest BCUT2D eigenvalue weighted by Gasteiger charge is -2.24. The molecule has 2 N–H and O–H groups in total. The molecule has 40 heavy (non-hydrogen) atoms. The number of carbonyl (C=O) groups excluding carboxylic acids is 3. The van der Waals surface area contributed by atoms with Gasteiger partial charge in [-0.05, 0) is 36.5 Å². The molecule has 0 heterocycles. The highest BCUT2D eigenvalue weighted by Gasteiger charge is 2.22. The van der Waals surface area contributed by atoms with Crippen LogP contribution in [-0.2, 0) is 31.0 Å².